The minimum atomic E-state index is -0.278. The number of nitrogens with one attached hydrogen (secondary N) is 1. The van der Waals surface area contributed by atoms with E-state index in [1.807, 2.05) is 31.2 Å². The second-order valence-electron chi connectivity index (χ2n) is 7.70. The molecule has 0 spiro atoms. The second-order valence-corrected chi connectivity index (χ2v) is 8.11. The maximum atomic E-state index is 12.4. The number of fused-ring (bicyclic) bond motifs is 1. The van der Waals surface area contributed by atoms with E-state index in [0.29, 0.717) is 28.3 Å². The zero-order chi connectivity index (χ0) is 22.0. The Hall–Kier alpha value is -3.31. The molecule has 3 aromatic carbocycles. The van der Waals surface area contributed by atoms with Crippen LogP contribution in [0.5, 0.6) is 5.75 Å². The van der Waals surface area contributed by atoms with Crippen molar-refractivity contribution in [3.05, 3.63) is 76.8 Å². The molecule has 1 heterocycles. The Bertz CT molecular complexity index is 1250. The van der Waals surface area contributed by atoms with Gasteiger partial charge in [0.25, 0.3) is 5.91 Å². The van der Waals surface area contributed by atoms with Crippen molar-refractivity contribution in [1.29, 1.82) is 0 Å². The first-order valence-electron chi connectivity index (χ1n) is 10.1. The van der Waals surface area contributed by atoms with E-state index >= 15 is 0 Å². The minimum Gasteiger partial charge on any atom is -0.482 e. The number of hydrogen-bond acceptors (Lipinski definition) is 4. The van der Waals surface area contributed by atoms with Gasteiger partial charge in [0.1, 0.15) is 11.3 Å². The molecule has 0 aliphatic carbocycles. The van der Waals surface area contributed by atoms with Crippen molar-refractivity contribution < 1.29 is 13.9 Å². The molecular formula is C25H23ClN2O3. The minimum absolute atomic E-state index is 0.145. The lowest BCUT2D eigenvalue weighted by atomic mass is 10.0. The molecule has 1 aromatic heterocycles. The molecule has 4 rings (SSSR count). The van der Waals surface area contributed by atoms with Gasteiger partial charge in [0.2, 0.25) is 5.89 Å². The molecule has 1 amide bonds. The third kappa shape index (κ3) is 4.72. The number of ether oxygens (including phenoxy) is 1. The van der Waals surface area contributed by atoms with Gasteiger partial charge in [-0.05, 0) is 60.4 Å². The smallest absolute Gasteiger partial charge is 0.262 e. The summed E-state index contributed by atoms with van der Waals surface area (Å²) in [5.74, 6) is 1.12. The Morgan fingerprint density at radius 1 is 1.13 bits per heavy atom. The molecule has 6 heteroatoms. The van der Waals surface area contributed by atoms with Crippen LogP contribution in [0.2, 0.25) is 5.02 Å². The standard InChI is InChI=1S/C25H23ClN2O3/c1-15(2)17-10-11-23-21(12-17)28-25(31-23)18-9-8-16(3)20(13-18)27-24(29)14-30-22-7-5-4-6-19(22)26/h4-13,15H,14H2,1-3H3,(H,27,29). The van der Waals surface area contributed by atoms with Gasteiger partial charge in [-0.1, -0.05) is 49.7 Å². The first-order chi connectivity index (χ1) is 14.9. The Balaban J connectivity index is 1.52. The summed E-state index contributed by atoms with van der Waals surface area (Å²) in [4.78, 5) is 17.1. The van der Waals surface area contributed by atoms with Crippen LogP contribution in [0.1, 0.15) is 30.9 Å². The highest BCUT2D eigenvalue weighted by atomic mass is 35.5. The van der Waals surface area contributed by atoms with Crippen molar-refractivity contribution >= 4 is 34.3 Å². The van der Waals surface area contributed by atoms with E-state index in [-0.39, 0.29) is 12.5 Å². The quantitative estimate of drug-likeness (QED) is 0.371. The summed E-state index contributed by atoms with van der Waals surface area (Å²) in [7, 11) is 0. The van der Waals surface area contributed by atoms with Gasteiger partial charge in [-0.25, -0.2) is 4.98 Å². The number of benzene rings is 3. The molecule has 0 saturated heterocycles. The van der Waals surface area contributed by atoms with Crippen LogP contribution in [-0.2, 0) is 4.79 Å². The van der Waals surface area contributed by atoms with Gasteiger partial charge < -0.3 is 14.5 Å². The van der Waals surface area contributed by atoms with Crippen molar-refractivity contribution in [2.24, 2.45) is 0 Å². The summed E-state index contributed by atoms with van der Waals surface area (Å²) in [6.07, 6.45) is 0. The van der Waals surface area contributed by atoms with Crippen LogP contribution in [-0.4, -0.2) is 17.5 Å². The van der Waals surface area contributed by atoms with Gasteiger partial charge in [-0.2, -0.15) is 0 Å². The number of aryl methyl sites for hydroxylation is 1. The summed E-state index contributed by atoms with van der Waals surface area (Å²) >= 11 is 6.07. The molecule has 1 N–H and O–H groups in total. The maximum Gasteiger partial charge on any atom is 0.262 e. The van der Waals surface area contributed by atoms with E-state index < -0.39 is 0 Å². The summed E-state index contributed by atoms with van der Waals surface area (Å²) in [5.41, 5.74) is 5.15. The fourth-order valence-corrected chi connectivity index (χ4v) is 3.40. The number of halogens is 1. The van der Waals surface area contributed by atoms with Crippen molar-refractivity contribution in [3.63, 3.8) is 0 Å². The Morgan fingerprint density at radius 2 is 1.94 bits per heavy atom. The SMILES string of the molecule is Cc1ccc(-c2nc3cc(C(C)C)ccc3o2)cc1NC(=O)COc1ccccc1Cl. The molecule has 4 aromatic rings. The van der Waals surface area contributed by atoms with Gasteiger partial charge in [-0.3, -0.25) is 4.79 Å². The topological polar surface area (TPSA) is 64.4 Å². The largest absolute Gasteiger partial charge is 0.482 e. The molecule has 0 fully saturated rings. The molecule has 0 unspecified atom stereocenters. The molecular weight excluding hydrogens is 412 g/mol. The summed E-state index contributed by atoms with van der Waals surface area (Å²) < 4.78 is 11.5. The molecule has 0 bridgehead atoms. The molecule has 31 heavy (non-hydrogen) atoms. The van der Waals surface area contributed by atoms with Crippen molar-refractivity contribution in [1.82, 2.24) is 4.98 Å². The lowest BCUT2D eigenvalue weighted by molar-refractivity contribution is -0.118. The number of carbonyl (C=O) groups is 1. The third-order valence-electron chi connectivity index (χ3n) is 5.03. The summed E-state index contributed by atoms with van der Waals surface area (Å²) in [6, 6.07) is 18.8. The monoisotopic (exact) mass is 434 g/mol. The summed E-state index contributed by atoms with van der Waals surface area (Å²) in [5, 5.41) is 3.35. The number of carbonyl (C=O) groups excluding carboxylic acids is 1. The normalized spacial score (nSPS) is 11.1. The van der Waals surface area contributed by atoms with Crippen LogP contribution in [0.15, 0.2) is 65.1 Å². The Kier molecular flexibility index (Phi) is 5.96. The van der Waals surface area contributed by atoms with Crippen LogP contribution in [0.25, 0.3) is 22.6 Å². The van der Waals surface area contributed by atoms with Crippen molar-refractivity contribution in [2.45, 2.75) is 26.7 Å². The van der Waals surface area contributed by atoms with Gasteiger partial charge in [-0.15, -0.1) is 0 Å². The van der Waals surface area contributed by atoms with E-state index in [1.54, 1.807) is 24.3 Å². The van der Waals surface area contributed by atoms with E-state index in [0.717, 1.165) is 22.2 Å². The Morgan fingerprint density at radius 3 is 2.71 bits per heavy atom. The van der Waals surface area contributed by atoms with E-state index in [4.69, 9.17) is 20.8 Å². The van der Waals surface area contributed by atoms with E-state index in [9.17, 15) is 4.79 Å². The fourth-order valence-electron chi connectivity index (χ4n) is 3.21. The molecule has 0 aliphatic heterocycles. The first kappa shape index (κ1) is 20.9. The average molecular weight is 435 g/mol. The van der Waals surface area contributed by atoms with Gasteiger partial charge in [0, 0.05) is 11.3 Å². The summed E-state index contributed by atoms with van der Waals surface area (Å²) in [6.45, 7) is 6.07. The van der Waals surface area contributed by atoms with Crippen LogP contribution in [0.3, 0.4) is 0 Å². The molecule has 0 atom stereocenters. The fraction of sp³-hybridized carbons (Fsp3) is 0.200. The van der Waals surface area contributed by atoms with Gasteiger partial charge >= 0.3 is 0 Å². The lowest BCUT2D eigenvalue weighted by Gasteiger charge is -2.11. The number of anilines is 1. The highest BCUT2D eigenvalue weighted by molar-refractivity contribution is 6.32. The zero-order valence-corrected chi connectivity index (χ0v) is 18.4. The number of aromatic nitrogens is 1. The highest BCUT2D eigenvalue weighted by Gasteiger charge is 2.13. The van der Waals surface area contributed by atoms with Crippen LogP contribution < -0.4 is 10.1 Å². The molecule has 158 valence electrons. The van der Waals surface area contributed by atoms with Crippen molar-refractivity contribution in [2.75, 3.05) is 11.9 Å². The number of amides is 1. The third-order valence-corrected chi connectivity index (χ3v) is 5.34. The zero-order valence-electron chi connectivity index (χ0n) is 17.6. The molecule has 0 saturated carbocycles. The van der Waals surface area contributed by atoms with Crippen LogP contribution >= 0.6 is 11.6 Å². The predicted octanol–water partition coefficient (Wildman–Crippen LogP) is 6.60. The van der Waals surface area contributed by atoms with Crippen molar-refractivity contribution in [3.8, 4) is 17.2 Å². The second kappa shape index (κ2) is 8.82. The lowest BCUT2D eigenvalue weighted by Crippen LogP contribution is -2.20. The van der Waals surface area contributed by atoms with Crippen LogP contribution in [0, 0.1) is 6.92 Å². The van der Waals surface area contributed by atoms with Crippen LogP contribution in [0.4, 0.5) is 5.69 Å². The number of hydrogen-bond donors (Lipinski definition) is 1. The predicted molar refractivity (Wildman–Crippen MR) is 124 cm³/mol. The van der Waals surface area contributed by atoms with Gasteiger partial charge in [0.05, 0.1) is 5.02 Å². The highest BCUT2D eigenvalue weighted by Crippen LogP contribution is 2.29. The maximum absolute atomic E-state index is 12.4. The van der Waals surface area contributed by atoms with Gasteiger partial charge in [0.15, 0.2) is 12.2 Å². The van der Waals surface area contributed by atoms with E-state index in [1.165, 1.54) is 5.56 Å². The number of rotatable bonds is 6. The molecule has 0 radical (unpaired) electrons. The molecule has 5 nitrogen and oxygen atoms in total. The number of nitrogens with zero attached hydrogens (tertiary/aromatic N) is 1. The first-order valence-corrected chi connectivity index (χ1v) is 10.5. The molecule has 0 aliphatic rings. The Labute approximate surface area is 186 Å². The average Bonchev–Trinajstić information content (AvgIpc) is 3.18. The van der Waals surface area contributed by atoms with E-state index in [2.05, 4.69) is 36.3 Å². The number of para-hydroxylation sites is 1. The number of oxazole rings is 1.